The number of carbonyl (C=O) groups excluding carboxylic acids is 1. The Hall–Kier alpha value is -0.970. The molecule has 1 aliphatic rings. The van der Waals surface area contributed by atoms with E-state index in [-0.39, 0.29) is 24.5 Å². The van der Waals surface area contributed by atoms with E-state index in [4.69, 9.17) is 23.2 Å². The molecule has 2 amide bonds. The molecule has 4 nitrogen and oxygen atoms in total. The van der Waals surface area contributed by atoms with Crippen molar-refractivity contribution in [2.45, 2.75) is 25.7 Å². The first kappa shape index (κ1) is 17.4. The van der Waals surface area contributed by atoms with Gasteiger partial charge in [0.15, 0.2) is 0 Å². The summed E-state index contributed by atoms with van der Waals surface area (Å²) in [4.78, 5) is 14.0. The van der Waals surface area contributed by atoms with Gasteiger partial charge in [-0.2, -0.15) is 0 Å². The minimum absolute atomic E-state index is 0.0311. The van der Waals surface area contributed by atoms with Crippen molar-refractivity contribution < 1.29 is 9.90 Å². The van der Waals surface area contributed by atoms with Gasteiger partial charge in [0.2, 0.25) is 0 Å². The molecule has 1 aliphatic heterocycles. The van der Waals surface area contributed by atoms with Crippen molar-refractivity contribution in [1.29, 1.82) is 0 Å². The average molecular weight is 345 g/mol. The molecule has 0 aliphatic carbocycles. The molecule has 2 N–H and O–H groups in total. The highest BCUT2D eigenvalue weighted by molar-refractivity contribution is 6.36. The quantitative estimate of drug-likeness (QED) is 0.877. The zero-order valence-electron chi connectivity index (χ0n) is 12.7. The van der Waals surface area contributed by atoms with Crippen molar-refractivity contribution in [2.24, 2.45) is 5.92 Å². The summed E-state index contributed by atoms with van der Waals surface area (Å²) < 4.78 is 0. The Kier molecular flexibility index (Phi) is 6.36. The third kappa shape index (κ3) is 4.28. The van der Waals surface area contributed by atoms with Gasteiger partial charge in [-0.05, 0) is 36.5 Å². The summed E-state index contributed by atoms with van der Waals surface area (Å²) in [6, 6.07) is 5.32. The topological polar surface area (TPSA) is 52.6 Å². The van der Waals surface area contributed by atoms with Crippen molar-refractivity contribution in [3.8, 4) is 0 Å². The molecule has 6 heteroatoms. The van der Waals surface area contributed by atoms with Gasteiger partial charge in [0.1, 0.15) is 0 Å². The first-order valence-corrected chi connectivity index (χ1v) is 8.36. The molecule has 1 heterocycles. The van der Waals surface area contributed by atoms with Crippen molar-refractivity contribution in [3.63, 3.8) is 0 Å². The molecule has 1 fully saturated rings. The molecule has 0 radical (unpaired) electrons. The first-order chi connectivity index (χ1) is 10.5. The zero-order valence-corrected chi connectivity index (χ0v) is 14.2. The maximum absolute atomic E-state index is 12.2. The van der Waals surface area contributed by atoms with Crippen LogP contribution in [0.25, 0.3) is 0 Å². The number of amides is 2. The maximum Gasteiger partial charge on any atom is 0.317 e. The third-order valence-corrected chi connectivity index (χ3v) is 4.78. The van der Waals surface area contributed by atoms with E-state index in [9.17, 15) is 9.90 Å². The summed E-state index contributed by atoms with van der Waals surface area (Å²) in [6.07, 6.45) is 1.91. The van der Waals surface area contributed by atoms with Crippen molar-refractivity contribution in [3.05, 3.63) is 33.8 Å². The van der Waals surface area contributed by atoms with Gasteiger partial charge in [-0.25, -0.2) is 4.79 Å². The number of halogens is 2. The number of urea groups is 1. The van der Waals surface area contributed by atoms with Crippen molar-refractivity contribution in [2.75, 3.05) is 26.2 Å². The molecule has 2 atom stereocenters. The lowest BCUT2D eigenvalue weighted by molar-refractivity contribution is 0.129. The van der Waals surface area contributed by atoms with E-state index in [1.54, 1.807) is 17.0 Å². The largest absolute Gasteiger partial charge is 0.396 e. The van der Waals surface area contributed by atoms with E-state index >= 15 is 0 Å². The van der Waals surface area contributed by atoms with Crippen molar-refractivity contribution >= 4 is 29.2 Å². The maximum atomic E-state index is 12.2. The smallest absolute Gasteiger partial charge is 0.317 e. The standard InChI is InChI=1S/C16H22Cl2N2O2/c1-11(15-13(17)5-2-6-14(15)18)8-19-16(22)20-7-3-4-12(9-20)10-21/h2,5-6,11-12,21H,3-4,7-10H2,1H3,(H,19,22). The van der Waals surface area contributed by atoms with Gasteiger partial charge >= 0.3 is 6.03 Å². The molecular weight excluding hydrogens is 323 g/mol. The second-order valence-electron chi connectivity index (χ2n) is 5.86. The molecule has 1 aromatic rings. The number of rotatable bonds is 4. The second-order valence-corrected chi connectivity index (χ2v) is 6.67. The molecule has 122 valence electrons. The minimum Gasteiger partial charge on any atom is -0.396 e. The van der Waals surface area contributed by atoms with E-state index in [2.05, 4.69) is 5.32 Å². The molecule has 1 saturated heterocycles. The van der Waals surface area contributed by atoms with Crippen LogP contribution in [0.4, 0.5) is 4.79 Å². The molecule has 0 aromatic heterocycles. The molecular formula is C16H22Cl2N2O2. The summed E-state index contributed by atoms with van der Waals surface area (Å²) in [5.41, 5.74) is 0.859. The van der Waals surface area contributed by atoms with E-state index in [1.807, 2.05) is 13.0 Å². The summed E-state index contributed by atoms with van der Waals surface area (Å²) in [5, 5.41) is 13.4. The summed E-state index contributed by atoms with van der Waals surface area (Å²) in [5.74, 6) is 0.221. The first-order valence-electron chi connectivity index (χ1n) is 7.60. The van der Waals surface area contributed by atoms with Crippen LogP contribution in [0.3, 0.4) is 0 Å². The predicted molar refractivity (Wildman–Crippen MR) is 89.7 cm³/mol. The number of likely N-dealkylation sites (tertiary alicyclic amines) is 1. The van der Waals surface area contributed by atoms with E-state index in [0.29, 0.717) is 23.1 Å². The molecule has 0 bridgehead atoms. The minimum atomic E-state index is -0.0897. The van der Waals surface area contributed by atoms with Crippen LogP contribution < -0.4 is 5.32 Å². The van der Waals surface area contributed by atoms with Crippen LogP contribution in [0.15, 0.2) is 18.2 Å². The van der Waals surface area contributed by atoms with Gasteiger partial charge in [0.25, 0.3) is 0 Å². The fourth-order valence-corrected chi connectivity index (χ4v) is 3.60. The van der Waals surface area contributed by atoms with Crippen LogP contribution in [-0.4, -0.2) is 42.3 Å². The lowest BCUT2D eigenvalue weighted by atomic mass is 9.99. The lowest BCUT2D eigenvalue weighted by Gasteiger charge is -2.32. The Balaban J connectivity index is 1.90. The van der Waals surface area contributed by atoms with E-state index in [0.717, 1.165) is 24.9 Å². The third-order valence-electron chi connectivity index (χ3n) is 4.12. The normalized spacial score (nSPS) is 19.8. The Bertz CT molecular complexity index is 505. The van der Waals surface area contributed by atoms with Gasteiger partial charge < -0.3 is 15.3 Å². The SMILES string of the molecule is CC(CNC(=O)N1CCCC(CO)C1)c1c(Cl)cccc1Cl. The Morgan fingerprint density at radius 1 is 1.45 bits per heavy atom. The monoisotopic (exact) mass is 344 g/mol. The number of hydrogen-bond donors (Lipinski definition) is 2. The second kappa shape index (κ2) is 8.04. The van der Waals surface area contributed by atoms with E-state index < -0.39 is 0 Å². The lowest BCUT2D eigenvalue weighted by Crippen LogP contribution is -2.46. The van der Waals surface area contributed by atoms with Crippen LogP contribution in [0.1, 0.15) is 31.2 Å². The molecule has 0 saturated carbocycles. The van der Waals surface area contributed by atoms with Gasteiger partial charge in [-0.3, -0.25) is 0 Å². The highest BCUT2D eigenvalue weighted by Gasteiger charge is 2.23. The van der Waals surface area contributed by atoms with Gasteiger partial charge in [-0.1, -0.05) is 36.2 Å². The number of aliphatic hydroxyl groups excluding tert-OH is 1. The number of benzene rings is 1. The number of carbonyl (C=O) groups is 1. The number of nitrogens with zero attached hydrogens (tertiary/aromatic N) is 1. The molecule has 2 rings (SSSR count). The highest BCUT2D eigenvalue weighted by Crippen LogP contribution is 2.31. The van der Waals surface area contributed by atoms with Gasteiger partial charge in [0, 0.05) is 42.2 Å². The predicted octanol–water partition coefficient (Wildman–Crippen LogP) is 3.51. The average Bonchev–Trinajstić information content (AvgIpc) is 2.52. The number of aliphatic hydroxyl groups is 1. The number of nitrogens with one attached hydrogen (secondary N) is 1. The molecule has 0 spiro atoms. The Morgan fingerprint density at radius 3 is 2.77 bits per heavy atom. The van der Waals surface area contributed by atoms with Crippen LogP contribution in [0.2, 0.25) is 10.0 Å². The van der Waals surface area contributed by atoms with Crippen LogP contribution in [0, 0.1) is 5.92 Å². The fourth-order valence-electron chi connectivity index (χ4n) is 2.83. The molecule has 1 aromatic carbocycles. The highest BCUT2D eigenvalue weighted by atomic mass is 35.5. The Labute approximate surface area is 141 Å². The van der Waals surface area contributed by atoms with Crippen LogP contribution >= 0.6 is 23.2 Å². The van der Waals surface area contributed by atoms with Crippen LogP contribution in [-0.2, 0) is 0 Å². The number of piperidine rings is 1. The summed E-state index contributed by atoms with van der Waals surface area (Å²) in [6.45, 7) is 3.95. The molecule has 22 heavy (non-hydrogen) atoms. The molecule has 2 unspecified atom stereocenters. The Morgan fingerprint density at radius 2 is 2.14 bits per heavy atom. The van der Waals surface area contributed by atoms with Crippen molar-refractivity contribution in [1.82, 2.24) is 10.2 Å². The van der Waals surface area contributed by atoms with Gasteiger partial charge in [0.05, 0.1) is 0 Å². The fraction of sp³-hybridized carbons (Fsp3) is 0.562. The van der Waals surface area contributed by atoms with Crippen LogP contribution in [0.5, 0.6) is 0 Å². The zero-order chi connectivity index (χ0) is 16.1. The number of hydrogen-bond acceptors (Lipinski definition) is 2. The van der Waals surface area contributed by atoms with Gasteiger partial charge in [-0.15, -0.1) is 0 Å². The summed E-state index contributed by atoms with van der Waals surface area (Å²) in [7, 11) is 0. The summed E-state index contributed by atoms with van der Waals surface area (Å²) >= 11 is 12.4. The van der Waals surface area contributed by atoms with E-state index in [1.165, 1.54) is 0 Å².